The van der Waals surface area contributed by atoms with E-state index in [0.29, 0.717) is 5.92 Å². The third-order valence-electron chi connectivity index (χ3n) is 3.62. The SMILES string of the molecule is CC(C)C[C@@H](NC(=O)COC(=O)c1ccc[nH]c1=O)c1ccccc1. The zero-order valence-electron chi connectivity index (χ0n) is 14.3. The predicted molar refractivity (Wildman–Crippen MR) is 94.1 cm³/mol. The van der Waals surface area contributed by atoms with Crippen molar-refractivity contribution in [2.75, 3.05) is 6.61 Å². The van der Waals surface area contributed by atoms with Crippen LogP contribution < -0.4 is 10.9 Å². The van der Waals surface area contributed by atoms with Crippen LogP contribution >= 0.6 is 0 Å². The zero-order valence-corrected chi connectivity index (χ0v) is 14.3. The van der Waals surface area contributed by atoms with Crippen LogP contribution in [-0.2, 0) is 9.53 Å². The fourth-order valence-corrected chi connectivity index (χ4v) is 2.46. The molecule has 1 amide bonds. The van der Waals surface area contributed by atoms with Crippen LogP contribution in [0.4, 0.5) is 0 Å². The summed E-state index contributed by atoms with van der Waals surface area (Å²) in [4.78, 5) is 38.0. The Labute approximate surface area is 146 Å². The molecule has 0 aliphatic carbocycles. The van der Waals surface area contributed by atoms with Crippen molar-refractivity contribution in [2.45, 2.75) is 26.3 Å². The van der Waals surface area contributed by atoms with Crippen molar-refractivity contribution in [1.29, 1.82) is 0 Å². The van der Waals surface area contributed by atoms with E-state index >= 15 is 0 Å². The molecule has 2 N–H and O–H groups in total. The van der Waals surface area contributed by atoms with E-state index in [0.717, 1.165) is 12.0 Å². The highest BCUT2D eigenvalue weighted by atomic mass is 16.5. The lowest BCUT2D eigenvalue weighted by Gasteiger charge is -2.21. The van der Waals surface area contributed by atoms with Gasteiger partial charge in [-0.05, 0) is 30.0 Å². The molecule has 0 radical (unpaired) electrons. The number of hydrogen-bond donors (Lipinski definition) is 2. The Bertz CT molecular complexity index is 768. The van der Waals surface area contributed by atoms with E-state index in [1.165, 1.54) is 18.3 Å². The number of benzene rings is 1. The van der Waals surface area contributed by atoms with Crippen molar-refractivity contribution in [2.24, 2.45) is 5.92 Å². The molecule has 0 aliphatic rings. The van der Waals surface area contributed by atoms with Gasteiger partial charge >= 0.3 is 5.97 Å². The summed E-state index contributed by atoms with van der Waals surface area (Å²) < 4.78 is 4.94. The van der Waals surface area contributed by atoms with Gasteiger partial charge < -0.3 is 15.0 Å². The number of carbonyl (C=O) groups is 2. The minimum absolute atomic E-state index is 0.128. The molecule has 0 fully saturated rings. The largest absolute Gasteiger partial charge is 0.452 e. The summed E-state index contributed by atoms with van der Waals surface area (Å²) >= 11 is 0. The molecule has 0 unspecified atom stereocenters. The van der Waals surface area contributed by atoms with Gasteiger partial charge in [0.25, 0.3) is 11.5 Å². The Morgan fingerprint density at radius 2 is 1.84 bits per heavy atom. The first kappa shape index (κ1) is 18.4. The van der Waals surface area contributed by atoms with Gasteiger partial charge in [0.2, 0.25) is 0 Å². The molecule has 132 valence electrons. The molecule has 25 heavy (non-hydrogen) atoms. The van der Waals surface area contributed by atoms with Crippen molar-refractivity contribution in [3.63, 3.8) is 0 Å². The van der Waals surface area contributed by atoms with Gasteiger partial charge in [0.1, 0.15) is 5.56 Å². The lowest BCUT2D eigenvalue weighted by Crippen LogP contribution is -2.33. The Balaban J connectivity index is 1.96. The second-order valence-corrected chi connectivity index (χ2v) is 6.15. The van der Waals surface area contributed by atoms with Crippen LogP contribution in [0.3, 0.4) is 0 Å². The quantitative estimate of drug-likeness (QED) is 0.757. The van der Waals surface area contributed by atoms with Crippen LogP contribution in [-0.4, -0.2) is 23.5 Å². The van der Waals surface area contributed by atoms with Gasteiger partial charge in [-0.15, -0.1) is 0 Å². The molecular weight excluding hydrogens is 320 g/mol. The van der Waals surface area contributed by atoms with Gasteiger partial charge in [-0.3, -0.25) is 9.59 Å². The van der Waals surface area contributed by atoms with Crippen molar-refractivity contribution in [1.82, 2.24) is 10.3 Å². The summed E-state index contributed by atoms with van der Waals surface area (Å²) in [6, 6.07) is 12.3. The monoisotopic (exact) mass is 342 g/mol. The fraction of sp³-hybridized carbons (Fsp3) is 0.316. The molecule has 2 aromatic rings. The Morgan fingerprint density at radius 3 is 2.48 bits per heavy atom. The minimum Gasteiger partial charge on any atom is -0.452 e. The molecule has 0 saturated heterocycles. The van der Waals surface area contributed by atoms with Crippen LogP contribution in [0.5, 0.6) is 0 Å². The van der Waals surface area contributed by atoms with E-state index < -0.39 is 24.0 Å². The highest BCUT2D eigenvalue weighted by molar-refractivity contribution is 5.90. The van der Waals surface area contributed by atoms with Crippen LogP contribution in [0.15, 0.2) is 53.5 Å². The van der Waals surface area contributed by atoms with E-state index in [9.17, 15) is 14.4 Å². The molecule has 1 atom stereocenters. The maximum atomic E-state index is 12.2. The second-order valence-electron chi connectivity index (χ2n) is 6.15. The smallest absolute Gasteiger partial charge is 0.344 e. The summed E-state index contributed by atoms with van der Waals surface area (Å²) in [6.45, 7) is 3.71. The maximum Gasteiger partial charge on any atom is 0.344 e. The normalized spacial score (nSPS) is 11.8. The molecule has 1 aromatic carbocycles. The molecule has 0 bridgehead atoms. The molecule has 0 spiro atoms. The summed E-state index contributed by atoms with van der Waals surface area (Å²) in [5, 5.41) is 2.88. The van der Waals surface area contributed by atoms with Crippen LogP contribution in [0.1, 0.15) is 42.2 Å². The second kappa shape index (κ2) is 8.82. The van der Waals surface area contributed by atoms with E-state index in [1.54, 1.807) is 0 Å². The number of esters is 1. The molecule has 0 saturated carbocycles. The van der Waals surface area contributed by atoms with E-state index in [2.05, 4.69) is 24.1 Å². The first-order valence-corrected chi connectivity index (χ1v) is 8.16. The maximum absolute atomic E-state index is 12.2. The average molecular weight is 342 g/mol. The van der Waals surface area contributed by atoms with Gasteiger partial charge in [-0.25, -0.2) is 4.79 Å². The van der Waals surface area contributed by atoms with Crippen LogP contribution in [0, 0.1) is 5.92 Å². The van der Waals surface area contributed by atoms with Gasteiger partial charge in [-0.2, -0.15) is 0 Å². The molecule has 1 aromatic heterocycles. The molecule has 2 rings (SSSR count). The number of H-pyrrole nitrogens is 1. The summed E-state index contributed by atoms with van der Waals surface area (Å²) in [5.41, 5.74) is 0.322. The third kappa shape index (κ3) is 5.60. The van der Waals surface area contributed by atoms with Crippen molar-refractivity contribution in [3.05, 3.63) is 70.1 Å². The number of aromatic amines is 1. The van der Waals surface area contributed by atoms with Crippen LogP contribution in [0.2, 0.25) is 0 Å². The number of amides is 1. The van der Waals surface area contributed by atoms with Crippen molar-refractivity contribution in [3.8, 4) is 0 Å². The molecular formula is C19H22N2O4. The van der Waals surface area contributed by atoms with Gasteiger partial charge in [0.15, 0.2) is 6.61 Å². The van der Waals surface area contributed by atoms with E-state index in [4.69, 9.17) is 4.74 Å². The molecule has 6 heteroatoms. The Morgan fingerprint density at radius 1 is 1.12 bits per heavy atom. The van der Waals surface area contributed by atoms with Gasteiger partial charge in [0, 0.05) is 6.20 Å². The third-order valence-corrected chi connectivity index (χ3v) is 3.62. The number of rotatable bonds is 7. The Kier molecular flexibility index (Phi) is 6.51. The number of aromatic nitrogens is 1. The molecule has 6 nitrogen and oxygen atoms in total. The number of nitrogens with one attached hydrogen (secondary N) is 2. The van der Waals surface area contributed by atoms with Crippen molar-refractivity contribution >= 4 is 11.9 Å². The lowest BCUT2D eigenvalue weighted by molar-refractivity contribution is -0.125. The Hall–Kier alpha value is -2.89. The highest BCUT2D eigenvalue weighted by Crippen LogP contribution is 2.20. The van der Waals surface area contributed by atoms with E-state index in [-0.39, 0.29) is 11.6 Å². The average Bonchev–Trinajstić information content (AvgIpc) is 2.60. The number of hydrogen-bond acceptors (Lipinski definition) is 4. The highest BCUT2D eigenvalue weighted by Gasteiger charge is 2.18. The number of pyridine rings is 1. The topological polar surface area (TPSA) is 88.3 Å². The van der Waals surface area contributed by atoms with Crippen molar-refractivity contribution < 1.29 is 14.3 Å². The first-order valence-electron chi connectivity index (χ1n) is 8.16. The van der Waals surface area contributed by atoms with Gasteiger partial charge in [0.05, 0.1) is 6.04 Å². The summed E-state index contributed by atoms with van der Waals surface area (Å²) in [5.74, 6) is -0.844. The van der Waals surface area contributed by atoms with Gasteiger partial charge in [-0.1, -0.05) is 44.2 Å². The minimum atomic E-state index is -0.822. The number of carbonyl (C=O) groups excluding carboxylic acids is 2. The molecule has 1 heterocycles. The summed E-state index contributed by atoms with van der Waals surface area (Å²) in [7, 11) is 0. The fourth-order valence-electron chi connectivity index (χ4n) is 2.46. The standard InChI is InChI=1S/C19H22N2O4/c1-13(2)11-16(14-7-4-3-5-8-14)21-17(22)12-25-19(24)15-9-6-10-20-18(15)23/h3-10,13,16H,11-12H2,1-2H3,(H,20,23)(H,21,22)/t16-/m1/s1. The first-order chi connectivity index (χ1) is 12.0. The zero-order chi connectivity index (χ0) is 18.2. The molecule has 0 aliphatic heterocycles. The van der Waals surface area contributed by atoms with Crippen LogP contribution in [0.25, 0.3) is 0 Å². The lowest BCUT2D eigenvalue weighted by atomic mass is 9.97. The summed E-state index contributed by atoms with van der Waals surface area (Å²) in [6.07, 6.45) is 2.18. The number of ether oxygens (including phenoxy) is 1. The predicted octanol–water partition coefficient (Wildman–Crippen LogP) is 2.44. The van der Waals surface area contributed by atoms with E-state index in [1.807, 2.05) is 30.3 Å².